The van der Waals surface area contributed by atoms with Gasteiger partial charge in [0.15, 0.2) is 5.82 Å². The molecule has 0 amide bonds. The average molecular weight is 217 g/mol. The number of hydrogen-bond donors (Lipinski definition) is 1. The van der Waals surface area contributed by atoms with E-state index in [0.717, 1.165) is 11.0 Å². The van der Waals surface area contributed by atoms with Crippen LogP contribution >= 0.6 is 23.4 Å². The Labute approximate surface area is 84.6 Å². The van der Waals surface area contributed by atoms with Gasteiger partial charge in [0.2, 0.25) is 5.28 Å². The van der Waals surface area contributed by atoms with Crippen LogP contribution in [0, 0.1) is 0 Å². The number of nitrogens with one attached hydrogen (secondary N) is 1. The lowest BCUT2D eigenvalue weighted by Gasteiger charge is -2.02. The number of hydrogen-bond acceptors (Lipinski definition) is 3. The van der Waals surface area contributed by atoms with Crippen molar-refractivity contribution in [1.29, 1.82) is 0 Å². The van der Waals surface area contributed by atoms with Crippen molar-refractivity contribution >= 4 is 40.2 Å². The second-order valence-electron chi connectivity index (χ2n) is 2.45. The van der Waals surface area contributed by atoms with Crippen LogP contribution in [0.3, 0.4) is 0 Å². The number of rotatable bonds is 1. The van der Waals surface area contributed by atoms with Gasteiger partial charge in [0, 0.05) is 25.0 Å². The molecule has 0 atom stereocenters. The zero-order chi connectivity index (χ0) is 9.42. The first-order chi connectivity index (χ1) is 6.22. The van der Waals surface area contributed by atoms with Crippen LogP contribution in [0.5, 0.6) is 0 Å². The number of nitrogens with zero attached hydrogens (tertiary/aromatic N) is 3. The van der Waals surface area contributed by atoms with E-state index in [1.165, 1.54) is 4.09 Å². The van der Waals surface area contributed by atoms with Gasteiger partial charge in [-0.2, -0.15) is 4.98 Å². The van der Waals surface area contributed by atoms with Crippen LogP contribution < -0.4 is 5.32 Å². The third kappa shape index (κ3) is 1.32. The van der Waals surface area contributed by atoms with Gasteiger partial charge in [-0.25, -0.2) is 4.98 Å². The molecule has 1 N–H and O–H groups in total. The fourth-order valence-corrected chi connectivity index (χ4v) is 1.55. The second-order valence-corrected chi connectivity index (χ2v) is 3.15. The number of aromatic nitrogens is 3. The highest BCUT2D eigenvalue weighted by Crippen LogP contribution is 2.23. The van der Waals surface area contributed by atoms with Gasteiger partial charge in [0.25, 0.3) is 0 Å². The zero-order valence-electron chi connectivity index (χ0n) is 6.75. The van der Waals surface area contributed by atoms with E-state index in [1.54, 1.807) is 19.3 Å². The summed E-state index contributed by atoms with van der Waals surface area (Å²) in [7, 11) is 1.75. The molecule has 0 bridgehead atoms. The first-order valence-electron chi connectivity index (χ1n) is 3.61. The normalized spacial score (nSPS) is 10.7. The van der Waals surface area contributed by atoms with Gasteiger partial charge in [0.1, 0.15) is 5.52 Å². The van der Waals surface area contributed by atoms with Gasteiger partial charge in [-0.3, -0.25) is 4.09 Å². The molecule has 0 aliphatic heterocycles. The topological polar surface area (TPSA) is 42.7 Å². The van der Waals surface area contributed by atoms with Crippen molar-refractivity contribution in [3.05, 3.63) is 17.5 Å². The number of halogens is 2. The molecule has 0 radical (unpaired) electrons. The van der Waals surface area contributed by atoms with Crippen LogP contribution in [0.1, 0.15) is 0 Å². The third-order valence-electron chi connectivity index (χ3n) is 1.70. The predicted octanol–water partition coefficient (Wildman–Crippen LogP) is 2.13. The maximum absolute atomic E-state index is 5.86. The van der Waals surface area contributed by atoms with Crippen LogP contribution in [-0.4, -0.2) is 21.1 Å². The first-order valence-corrected chi connectivity index (χ1v) is 4.32. The smallest absolute Gasteiger partial charge is 0.225 e. The van der Waals surface area contributed by atoms with E-state index in [2.05, 4.69) is 15.3 Å². The fourth-order valence-electron chi connectivity index (χ4n) is 1.16. The molecule has 6 heteroatoms. The summed E-state index contributed by atoms with van der Waals surface area (Å²) in [4.78, 5) is 8.00. The summed E-state index contributed by atoms with van der Waals surface area (Å²) in [6, 6.07) is 1.77. The monoisotopic (exact) mass is 216 g/mol. The molecule has 4 nitrogen and oxygen atoms in total. The van der Waals surface area contributed by atoms with Crippen LogP contribution in [0.25, 0.3) is 11.0 Å². The van der Waals surface area contributed by atoms with E-state index in [-0.39, 0.29) is 5.28 Å². The Balaban J connectivity index is 2.85. The van der Waals surface area contributed by atoms with Crippen molar-refractivity contribution in [2.45, 2.75) is 0 Å². The Morgan fingerprint density at radius 2 is 2.23 bits per heavy atom. The standard InChI is InChI=1S/C7H6Cl2N4/c1-10-6-5-4(2-3-13(5)9)11-7(8)12-6/h2-3H,1H3,(H,10,11,12). The lowest BCUT2D eigenvalue weighted by atomic mass is 10.4. The summed E-state index contributed by atoms with van der Waals surface area (Å²) < 4.78 is 1.43. The van der Waals surface area contributed by atoms with E-state index < -0.39 is 0 Å². The summed E-state index contributed by atoms with van der Waals surface area (Å²) in [6.07, 6.45) is 1.69. The van der Waals surface area contributed by atoms with E-state index >= 15 is 0 Å². The molecule has 13 heavy (non-hydrogen) atoms. The minimum Gasteiger partial charge on any atom is -0.371 e. The lowest BCUT2D eigenvalue weighted by Crippen LogP contribution is -1.96. The maximum atomic E-state index is 5.86. The SMILES string of the molecule is CNc1nc(Cl)nc2ccn(Cl)c12. The predicted molar refractivity (Wildman–Crippen MR) is 53.3 cm³/mol. The molecule has 0 fully saturated rings. The van der Waals surface area contributed by atoms with Crippen molar-refractivity contribution in [2.75, 3.05) is 12.4 Å². The fraction of sp³-hybridized carbons (Fsp3) is 0.143. The second kappa shape index (κ2) is 3.05. The average Bonchev–Trinajstić information content (AvgIpc) is 2.46. The van der Waals surface area contributed by atoms with Gasteiger partial charge in [-0.05, 0) is 17.7 Å². The quantitative estimate of drug-likeness (QED) is 0.744. The number of anilines is 1. The Bertz CT molecular complexity index is 451. The molecule has 2 aromatic rings. The molecule has 0 aliphatic rings. The molecule has 0 unspecified atom stereocenters. The highest BCUT2D eigenvalue weighted by Gasteiger charge is 2.08. The van der Waals surface area contributed by atoms with Crippen molar-refractivity contribution in [2.24, 2.45) is 0 Å². The van der Waals surface area contributed by atoms with E-state index in [0.29, 0.717) is 5.82 Å². The van der Waals surface area contributed by atoms with Crippen LogP contribution in [0.15, 0.2) is 12.3 Å². The highest BCUT2D eigenvalue weighted by molar-refractivity contribution is 6.29. The van der Waals surface area contributed by atoms with Crippen molar-refractivity contribution < 1.29 is 0 Å². The Morgan fingerprint density at radius 1 is 1.46 bits per heavy atom. The van der Waals surface area contributed by atoms with Crippen molar-refractivity contribution in [1.82, 2.24) is 14.1 Å². The Kier molecular flexibility index (Phi) is 2.01. The summed E-state index contributed by atoms with van der Waals surface area (Å²) in [5, 5.41) is 3.10. The minimum absolute atomic E-state index is 0.208. The molecule has 2 heterocycles. The minimum atomic E-state index is 0.208. The lowest BCUT2D eigenvalue weighted by molar-refractivity contribution is 1.19. The zero-order valence-corrected chi connectivity index (χ0v) is 8.26. The third-order valence-corrected chi connectivity index (χ3v) is 2.15. The molecule has 68 valence electrons. The van der Waals surface area contributed by atoms with Gasteiger partial charge < -0.3 is 5.32 Å². The largest absolute Gasteiger partial charge is 0.371 e. The molecule has 0 aromatic carbocycles. The van der Waals surface area contributed by atoms with Crippen LogP contribution in [0.2, 0.25) is 5.28 Å². The molecular weight excluding hydrogens is 211 g/mol. The molecule has 0 saturated carbocycles. The van der Waals surface area contributed by atoms with Gasteiger partial charge in [0.05, 0.1) is 5.52 Å². The van der Waals surface area contributed by atoms with Crippen LogP contribution in [0.4, 0.5) is 5.82 Å². The summed E-state index contributed by atoms with van der Waals surface area (Å²) >= 11 is 11.6. The maximum Gasteiger partial charge on any atom is 0.225 e. The molecular formula is C7H6Cl2N4. The number of fused-ring (bicyclic) bond motifs is 1. The van der Waals surface area contributed by atoms with E-state index in [9.17, 15) is 0 Å². The van der Waals surface area contributed by atoms with Crippen LogP contribution in [-0.2, 0) is 0 Å². The molecule has 2 rings (SSSR count). The van der Waals surface area contributed by atoms with Gasteiger partial charge >= 0.3 is 0 Å². The Morgan fingerprint density at radius 3 is 2.92 bits per heavy atom. The first kappa shape index (κ1) is 8.59. The summed E-state index contributed by atoms with van der Waals surface area (Å²) in [5.74, 6) is 0.620. The highest BCUT2D eigenvalue weighted by atomic mass is 35.5. The molecule has 0 saturated heterocycles. The molecule has 2 aromatic heterocycles. The van der Waals surface area contributed by atoms with Gasteiger partial charge in [-0.1, -0.05) is 0 Å². The van der Waals surface area contributed by atoms with Crippen molar-refractivity contribution in [3.63, 3.8) is 0 Å². The molecule has 0 aliphatic carbocycles. The van der Waals surface area contributed by atoms with Gasteiger partial charge in [-0.15, -0.1) is 0 Å². The summed E-state index contributed by atoms with van der Waals surface area (Å²) in [6.45, 7) is 0. The Hall–Kier alpha value is -1.00. The van der Waals surface area contributed by atoms with Crippen molar-refractivity contribution in [3.8, 4) is 0 Å². The summed E-state index contributed by atoms with van der Waals surface area (Å²) in [5.41, 5.74) is 1.45. The van der Waals surface area contributed by atoms with E-state index in [4.69, 9.17) is 23.4 Å². The molecule has 0 spiro atoms. The van der Waals surface area contributed by atoms with E-state index in [1.807, 2.05) is 0 Å².